The second-order valence-electron chi connectivity index (χ2n) is 10.7. The first-order valence-electron chi connectivity index (χ1n) is 14.3. The molecule has 4 aromatic carbocycles. The highest BCUT2D eigenvalue weighted by Gasteiger charge is 2.49. The minimum atomic E-state index is -4.64. The monoisotopic (exact) mass is 656 g/mol. The average molecular weight is 658 g/mol. The van der Waals surface area contributed by atoms with E-state index in [0.717, 1.165) is 28.8 Å². The number of hydrogen-bond donors (Lipinski definition) is 0. The molecule has 0 N–H and O–H groups in total. The molecule has 1 saturated heterocycles. The fourth-order valence-corrected chi connectivity index (χ4v) is 5.89. The molecular formula is C34H29Cl2F3N2O4. The molecule has 0 bridgehead atoms. The van der Waals surface area contributed by atoms with Gasteiger partial charge in [-0.15, -0.1) is 0 Å². The molecule has 2 heterocycles. The van der Waals surface area contributed by atoms with Crippen LogP contribution in [0.2, 0.25) is 10.3 Å². The van der Waals surface area contributed by atoms with Crippen molar-refractivity contribution in [1.82, 2.24) is 9.55 Å². The maximum Gasteiger partial charge on any atom is 0.416 e. The minimum Gasteiger partial charge on any atom is -0.374 e. The SMILES string of the molecule is FC(F)(F)c1cc(Cl)c2nc(Cl)n([C@H]3O[C@H](COCc4ccccc4)[C@@H](OCc4ccccc4)[C@H]3OCc3ccccc3)c2c1. The second-order valence-corrected chi connectivity index (χ2v) is 11.4. The Balaban J connectivity index is 1.37. The van der Waals surface area contributed by atoms with Crippen molar-refractivity contribution in [3.8, 4) is 0 Å². The summed E-state index contributed by atoms with van der Waals surface area (Å²) in [5.41, 5.74) is 2.04. The highest BCUT2D eigenvalue weighted by Crippen LogP contribution is 2.42. The first-order valence-corrected chi connectivity index (χ1v) is 15.1. The van der Waals surface area contributed by atoms with Gasteiger partial charge < -0.3 is 18.9 Å². The number of halogens is 5. The van der Waals surface area contributed by atoms with Crippen molar-refractivity contribution < 1.29 is 32.1 Å². The Morgan fingerprint density at radius 1 is 0.733 bits per heavy atom. The van der Waals surface area contributed by atoms with Crippen molar-refractivity contribution in [2.75, 3.05) is 6.61 Å². The fourth-order valence-electron chi connectivity index (χ4n) is 5.36. The smallest absolute Gasteiger partial charge is 0.374 e. The number of benzene rings is 4. The van der Waals surface area contributed by atoms with Gasteiger partial charge in [0.25, 0.3) is 0 Å². The summed E-state index contributed by atoms with van der Waals surface area (Å²) in [6.07, 6.45) is -7.84. The largest absolute Gasteiger partial charge is 0.416 e. The Bertz CT molecular complexity index is 1710. The molecule has 1 aromatic heterocycles. The predicted molar refractivity (Wildman–Crippen MR) is 165 cm³/mol. The predicted octanol–water partition coefficient (Wildman–Crippen LogP) is 8.65. The Labute approximate surface area is 268 Å². The number of fused-ring (bicyclic) bond motifs is 1. The van der Waals surface area contributed by atoms with Gasteiger partial charge in [-0.05, 0) is 40.4 Å². The Morgan fingerprint density at radius 2 is 1.27 bits per heavy atom. The molecule has 45 heavy (non-hydrogen) atoms. The third kappa shape index (κ3) is 7.35. The van der Waals surface area contributed by atoms with Crippen LogP contribution in [0.25, 0.3) is 11.0 Å². The normalized spacial score (nSPS) is 20.2. The maximum atomic E-state index is 13.8. The average Bonchev–Trinajstić information content (AvgIpc) is 3.56. The zero-order valence-electron chi connectivity index (χ0n) is 23.9. The van der Waals surface area contributed by atoms with Gasteiger partial charge in [-0.1, -0.05) is 103 Å². The molecule has 5 aromatic rings. The van der Waals surface area contributed by atoms with E-state index >= 15 is 0 Å². The molecular weight excluding hydrogens is 628 g/mol. The van der Waals surface area contributed by atoms with Crippen molar-refractivity contribution in [1.29, 1.82) is 0 Å². The van der Waals surface area contributed by atoms with Gasteiger partial charge in [0.05, 0.1) is 42.5 Å². The van der Waals surface area contributed by atoms with Gasteiger partial charge in [0.15, 0.2) is 6.23 Å². The van der Waals surface area contributed by atoms with Crippen LogP contribution < -0.4 is 0 Å². The number of hydrogen-bond acceptors (Lipinski definition) is 5. The van der Waals surface area contributed by atoms with E-state index < -0.39 is 36.3 Å². The van der Waals surface area contributed by atoms with Crippen LogP contribution >= 0.6 is 23.2 Å². The number of rotatable bonds is 11. The summed E-state index contributed by atoms with van der Waals surface area (Å²) in [5, 5.41) is -0.281. The van der Waals surface area contributed by atoms with Crippen molar-refractivity contribution in [3.63, 3.8) is 0 Å². The maximum absolute atomic E-state index is 13.8. The lowest BCUT2D eigenvalue weighted by molar-refractivity contribution is -0.137. The standard InChI is InChI=1S/C34H29Cl2F3N2O4/c35-26-16-25(34(37,38)39)17-27-29(26)40-33(36)41(27)32-31(44-20-24-14-8-3-9-15-24)30(43-19-23-12-6-2-7-13-23)28(45-32)21-42-18-22-10-4-1-5-11-22/h1-17,28,30-32H,18-21H2/t28-,30-,31-,32+/m1/s1. The van der Waals surface area contributed by atoms with Crippen LogP contribution in [0.1, 0.15) is 28.5 Å². The van der Waals surface area contributed by atoms with Crippen LogP contribution in [0.3, 0.4) is 0 Å². The summed E-state index contributed by atoms with van der Waals surface area (Å²) in [5.74, 6) is 0. The molecule has 1 aliphatic rings. The van der Waals surface area contributed by atoms with Gasteiger partial charge >= 0.3 is 6.18 Å². The van der Waals surface area contributed by atoms with E-state index in [4.69, 9.17) is 42.1 Å². The van der Waals surface area contributed by atoms with Crippen LogP contribution in [0.15, 0.2) is 103 Å². The summed E-state index contributed by atoms with van der Waals surface area (Å²) in [4.78, 5) is 4.30. The lowest BCUT2D eigenvalue weighted by Gasteiger charge is -2.26. The van der Waals surface area contributed by atoms with E-state index in [2.05, 4.69) is 4.98 Å². The van der Waals surface area contributed by atoms with Crippen molar-refractivity contribution in [3.05, 3.63) is 136 Å². The molecule has 11 heteroatoms. The van der Waals surface area contributed by atoms with Crippen LogP contribution in [-0.4, -0.2) is 34.5 Å². The topological polar surface area (TPSA) is 54.7 Å². The first kappa shape index (κ1) is 31.5. The third-order valence-electron chi connectivity index (χ3n) is 7.54. The third-order valence-corrected chi connectivity index (χ3v) is 8.09. The van der Waals surface area contributed by atoms with Crippen molar-refractivity contribution >= 4 is 34.2 Å². The molecule has 0 saturated carbocycles. The molecule has 0 unspecified atom stereocenters. The number of nitrogens with zero attached hydrogens (tertiary/aromatic N) is 2. The van der Waals surface area contributed by atoms with E-state index in [1.807, 2.05) is 91.0 Å². The molecule has 6 nitrogen and oxygen atoms in total. The van der Waals surface area contributed by atoms with E-state index in [1.165, 1.54) is 4.57 Å². The molecule has 6 rings (SSSR count). The van der Waals surface area contributed by atoms with Gasteiger partial charge in [0.1, 0.15) is 23.8 Å². The second kappa shape index (κ2) is 13.9. The molecule has 0 radical (unpaired) electrons. The minimum absolute atomic E-state index is 0.0609. The van der Waals surface area contributed by atoms with Gasteiger partial charge in [-0.2, -0.15) is 13.2 Å². The summed E-state index contributed by atoms with van der Waals surface area (Å²) >= 11 is 12.9. The van der Waals surface area contributed by atoms with Crippen molar-refractivity contribution in [2.45, 2.75) is 50.5 Å². The molecule has 0 amide bonds. The van der Waals surface area contributed by atoms with Gasteiger partial charge in [-0.25, -0.2) is 4.98 Å². The highest BCUT2D eigenvalue weighted by atomic mass is 35.5. The molecule has 0 spiro atoms. The fraction of sp³-hybridized carbons (Fsp3) is 0.265. The van der Waals surface area contributed by atoms with Gasteiger partial charge in [0.2, 0.25) is 5.28 Å². The van der Waals surface area contributed by atoms with Crippen LogP contribution in [0, 0.1) is 0 Å². The van der Waals surface area contributed by atoms with E-state index in [0.29, 0.717) is 6.61 Å². The van der Waals surface area contributed by atoms with Crippen LogP contribution in [-0.2, 0) is 44.9 Å². The molecule has 1 fully saturated rings. The zero-order chi connectivity index (χ0) is 31.4. The quantitative estimate of drug-likeness (QED) is 0.142. The lowest BCUT2D eigenvalue weighted by Crippen LogP contribution is -2.38. The zero-order valence-corrected chi connectivity index (χ0v) is 25.4. The molecule has 234 valence electrons. The number of imidazole rings is 1. The summed E-state index contributed by atoms with van der Waals surface area (Å²) in [7, 11) is 0. The van der Waals surface area contributed by atoms with Gasteiger partial charge in [0, 0.05) is 0 Å². The Kier molecular flexibility index (Phi) is 9.75. The number of alkyl halides is 3. The summed E-state index contributed by atoms with van der Waals surface area (Å²) in [6, 6.07) is 30.6. The van der Waals surface area contributed by atoms with Crippen LogP contribution in [0.5, 0.6) is 0 Å². The molecule has 4 atom stereocenters. The number of aromatic nitrogens is 2. The Morgan fingerprint density at radius 3 is 1.82 bits per heavy atom. The number of ether oxygens (including phenoxy) is 4. The van der Waals surface area contributed by atoms with Gasteiger partial charge in [-0.3, -0.25) is 4.57 Å². The van der Waals surface area contributed by atoms with Crippen LogP contribution in [0.4, 0.5) is 13.2 Å². The lowest BCUT2D eigenvalue weighted by atomic mass is 10.1. The molecule has 0 aliphatic carbocycles. The van der Waals surface area contributed by atoms with E-state index in [1.54, 1.807) is 0 Å². The highest BCUT2D eigenvalue weighted by molar-refractivity contribution is 6.36. The van der Waals surface area contributed by atoms with E-state index in [9.17, 15) is 13.2 Å². The summed E-state index contributed by atoms with van der Waals surface area (Å²) < 4.78 is 68.5. The molecule has 1 aliphatic heterocycles. The van der Waals surface area contributed by atoms with Crippen molar-refractivity contribution in [2.24, 2.45) is 0 Å². The van der Waals surface area contributed by atoms with E-state index in [-0.39, 0.29) is 41.2 Å². The summed E-state index contributed by atoms with van der Waals surface area (Å²) in [6.45, 7) is 0.873. The first-order chi connectivity index (χ1) is 21.8. The Hall–Kier alpha value is -3.44.